The molecule has 0 aromatic rings. The molecular weight excluding hydrogens is 136 g/mol. The molecule has 1 aliphatic carbocycles. The van der Waals surface area contributed by atoms with Crippen molar-refractivity contribution in [1.82, 2.24) is 0 Å². The Labute approximate surface area is 69.1 Å². The highest BCUT2D eigenvalue weighted by atomic mass is 16.6. The van der Waals surface area contributed by atoms with E-state index >= 15 is 0 Å². The first-order valence-electron chi connectivity index (χ1n) is 4.88. The van der Waals surface area contributed by atoms with Gasteiger partial charge in [0.1, 0.15) is 0 Å². The van der Waals surface area contributed by atoms with E-state index in [1.54, 1.807) is 0 Å². The van der Waals surface area contributed by atoms with Crippen molar-refractivity contribution in [3.63, 3.8) is 0 Å². The van der Waals surface area contributed by atoms with Crippen LogP contribution in [0.3, 0.4) is 0 Å². The first kappa shape index (κ1) is 7.60. The summed E-state index contributed by atoms with van der Waals surface area (Å²) in [6.45, 7) is 1.04. The standard InChI is InChI=1S/C10H17O/c1-2-4-9(5-3-1)6-7-10-8-11-10/h2,9-10H,1,3-8H2. The highest BCUT2D eigenvalue weighted by Gasteiger charge is 2.24. The third-order valence-electron chi connectivity index (χ3n) is 2.82. The van der Waals surface area contributed by atoms with Crippen molar-refractivity contribution in [3.8, 4) is 0 Å². The molecule has 2 fully saturated rings. The van der Waals surface area contributed by atoms with Gasteiger partial charge < -0.3 is 4.74 Å². The molecule has 0 aromatic carbocycles. The maximum Gasteiger partial charge on any atom is 0.0810 e. The van der Waals surface area contributed by atoms with E-state index in [2.05, 4.69) is 6.42 Å². The number of epoxide rings is 1. The van der Waals surface area contributed by atoms with Crippen LogP contribution in [0, 0.1) is 12.3 Å². The van der Waals surface area contributed by atoms with E-state index in [1.165, 1.54) is 38.5 Å². The molecule has 2 aliphatic rings. The van der Waals surface area contributed by atoms with Gasteiger partial charge in [-0.15, -0.1) is 0 Å². The molecule has 11 heavy (non-hydrogen) atoms. The Bertz CT molecular complexity index is 112. The second-order valence-electron chi connectivity index (χ2n) is 3.85. The van der Waals surface area contributed by atoms with Gasteiger partial charge in [-0.05, 0) is 31.6 Å². The van der Waals surface area contributed by atoms with Crippen molar-refractivity contribution in [2.45, 2.75) is 44.6 Å². The van der Waals surface area contributed by atoms with Crippen LogP contribution in [-0.2, 0) is 4.74 Å². The maximum absolute atomic E-state index is 5.19. The van der Waals surface area contributed by atoms with Crippen molar-refractivity contribution >= 4 is 0 Å². The third kappa shape index (κ3) is 2.48. The molecule has 0 bridgehead atoms. The van der Waals surface area contributed by atoms with Crippen LogP contribution in [0.15, 0.2) is 0 Å². The molecule has 2 unspecified atom stereocenters. The molecule has 1 heterocycles. The second kappa shape index (κ2) is 3.57. The van der Waals surface area contributed by atoms with Gasteiger partial charge in [0.15, 0.2) is 0 Å². The van der Waals surface area contributed by atoms with E-state index in [0.29, 0.717) is 6.10 Å². The Kier molecular flexibility index (Phi) is 2.47. The summed E-state index contributed by atoms with van der Waals surface area (Å²) in [6, 6.07) is 0. The first-order chi connectivity index (χ1) is 5.45. The smallest absolute Gasteiger partial charge is 0.0810 e. The summed E-state index contributed by atoms with van der Waals surface area (Å²) in [5.74, 6) is 0.993. The molecule has 0 N–H and O–H groups in total. The Balaban J connectivity index is 1.59. The van der Waals surface area contributed by atoms with Crippen molar-refractivity contribution in [2.24, 2.45) is 5.92 Å². The van der Waals surface area contributed by atoms with Gasteiger partial charge in [0.2, 0.25) is 0 Å². The summed E-state index contributed by atoms with van der Waals surface area (Å²) in [5, 5.41) is 0. The lowest BCUT2D eigenvalue weighted by atomic mass is 9.86. The zero-order valence-electron chi connectivity index (χ0n) is 7.09. The molecule has 1 aliphatic heterocycles. The monoisotopic (exact) mass is 153 g/mol. The summed E-state index contributed by atoms with van der Waals surface area (Å²) in [6.07, 6.45) is 11.4. The molecule has 0 aromatic heterocycles. The molecule has 1 saturated heterocycles. The number of hydrogen-bond acceptors (Lipinski definition) is 1. The van der Waals surface area contributed by atoms with E-state index in [0.717, 1.165) is 12.5 Å². The fraction of sp³-hybridized carbons (Fsp3) is 0.900. The van der Waals surface area contributed by atoms with Crippen molar-refractivity contribution in [3.05, 3.63) is 6.42 Å². The Morgan fingerprint density at radius 1 is 1.36 bits per heavy atom. The van der Waals surface area contributed by atoms with Gasteiger partial charge in [-0.3, -0.25) is 0 Å². The lowest BCUT2D eigenvalue weighted by Gasteiger charge is -2.20. The molecule has 1 saturated carbocycles. The van der Waals surface area contributed by atoms with Crippen molar-refractivity contribution in [2.75, 3.05) is 6.61 Å². The Morgan fingerprint density at radius 2 is 2.27 bits per heavy atom. The van der Waals surface area contributed by atoms with E-state index < -0.39 is 0 Å². The average Bonchev–Trinajstić information content (AvgIpc) is 2.86. The van der Waals surface area contributed by atoms with Gasteiger partial charge in [-0.25, -0.2) is 0 Å². The number of ether oxygens (including phenoxy) is 1. The summed E-state index contributed by atoms with van der Waals surface area (Å²) >= 11 is 0. The van der Waals surface area contributed by atoms with E-state index in [4.69, 9.17) is 4.74 Å². The fourth-order valence-electron chi connectivity index (χ4n) is 1.94. The zero-order valence-corrected chi connectivity index (χ0v) is 7.09. The second-order valence-corrected chi connectivity index (χ2v) is 3.85. The molecule has 1 radical (unpaired) electrons. The van der Waals surface area contributed by atoms with E-state index in [9.17, 15) is 0 Å². The predicted octanol–water partition coefficient (Wildman–Crippen LogP) is 2.56. The maximum atomic E-state index is 5.19. The Morgan fingerprint density at radius 3 is 2.91 bits per heavy atom. The topological polar surface area (TPSA) is 12.5 Å². The minimum atomic E-state index is 0.650. The first-order valence-corrected chi connectivity index (χ1v) is 4.88. The third-order valence-corrected chi connectivity index (χ3v) is 2.82. The van der Waals surface area contributed by atoms with Gasteiger partial charge in [-0.2, -0.15) is 0 Å². The average molecular weight is 153 g/mol. The van der Waals surface area contributed by atoms with Crippen LogP contribution in [0.4, 0.5) is 0 Å². The van der Waals surface area contributed by atoms with Crippen LogP contribution in [0.25, 0.3) is 0 Å². The van der Waals surface area contributed by atoms with Crippen LogP contribution < -0.4 is 0 Å². The van der Waals surface area contributed by atoms with Gasteiger partial charge in [-0.1, -0.05) is 19.3 Å². The molecule has 1 heteroatoms. The molecule has 2 rings (SSSR count). The molecule has 63 valence electrons. The lowest BCUT2D eigenvalue weighted by molar-refractivity contribution is 0.336. The van der Waals surface area contributed by atoms with Gasteiger partial charge >= 0.3 is 0 Å². The fourth-order valence-corrected chi connectivity index (χ4v) is 1.94. The molecule has 0 spiro atoms. The minimum Gasteiger partial charge on any atom is -0.373 e. The highest BCUT2D eigenvalue weighted by Crippen LogP contribution is 2.29. The van der Waals surface area contributed by atoms with E-state index in [1.807, 2.05) is 0 Å². The summed E-state index contributed by atoms with van der Waals surface area (Å²) in [7, 11) is 0. The van der Waals surface area contributed by atoms with Gasteiger partial charge in [0.05, 0.1) is 12.7 Å². The Hall–Kier alpha value is -0.0400. The van der Waals surface area contributed by atoms with Gasteiger partial charge in [0, 0.05) is 0 Å². The normalized spacial score (nSPS) is 32.2. The van der Waals surface area contributed by atoms with Crippen LogP contribution in [0.1, 0.15) is 38.5 Å². The van der Waals surface area contributed by atoms with Crippen molar-refractivity contribution in [1.29, 1.82) is 0 Å². The van der Waals surface area contributed by atoms with Crippen LogP contribution >= 0.6 is 0 Å². The van der Waals surface area contributed by atoms with Gasteiger partial charge in [0.25, 0.3) is 0 Å². The van der Waals surface area contributed by atoms with Crippen LogP contribution in [0.2, 0.25) is 0 Å². The van der Waals surface area contributed by atoms with Crippen LogP contribution in [-0.4, -0.2) is 12.7 Å². The highest BCUT2D eigenvalue weighted by molar-refractivity contribution is 4.79. The zero-order chi connectivity index (χ0) is 7.52. The lowest BCUT2D eigenvalue weighted by Crippen LogP contribution is -2.07. The summed E-state index contributed by atoms with van der Waals surface area (Å²) in [4.78, 5) is 0. The SMILES string of the molecule is [CH]1CCCC(CCC2CO2)C1. The van der Waals surface area contributed by atoms with Crippen LogP contribution in [0.5, 0.6) is 0 Å². The molecule has 2 atom stereocenters. The van der Waals surface area contributed by atoms with E-state index in [-0.39, 0.29) is 0 Å². The summed E-state index contributed by atoms with van der Waals surface area (Å²) < 4.78 is 5.19. The molecular formula is C10H17O. The van der Waals surface area contributed by atoms with Crippen molar-refractivity contribution < 1.29 is 4.74 Å². The number of hydrogen-bond donors (Lipinski definition) is 0. The molecule has 1 nitrogen and oxygen atoms in total. The largest absolute Gasteiger partial charge is 0.373 e. The quantitative estimate of drug-likeness (QED) is 0.568. The molecule has 0 amide bonds. The number of rotatable bonds is 3. The minimum absolute atomic E-state index is 0.650. The predicted molar refractivity (Wildman–Crippen MR) is 45.2 cm³/mol. The summed E-state index contributed by atoms with van der Waals surface area (Å²) in [5.41, 5.74) is 0.